The molecule has 1 rings (SSSR count). The van der Waals surface area contributed by atoms with Gasteiger partial charge in [0.05, 0.1) is 6.10 Å². The summed E-state index contributed by atoms with van der Waals surface area (Å²) in [5, 5.41) is 10.0. The van der Waals surface area contributed by atoms with Gasteiger partial charge in [0, 0.05) is 0 Å². The van der Waals surface area contributed by atoms with E-state index in [0.717, 1.165) is 18.4 Å². The molecule has 0 bridgehead atoms. The molecule has 1 aromatic rings. The van der Waals surface area contributed by atoms with E-state index in [-0.39, 0.29) is 6.10 Å². The van der Waals surface area contributed by atoms with Gasteiger partial charge in [-0.3, -0.25) is 0 Å². The summed E-state index contributed by atoms with van der Waals surface area (Å²) in [6.07, 6.45) is 1.73. The molecule has 1 nitrogen and oxygen atoms in total. The summed E-state index contributed by atoms with van der Waals surface area (Å²) in [5.41, 5.74) is 2.35. The molecule has 0 aromatic heterocycles. The number of aryl methyl sites for hydroxylation is 1. The summed E-state index contributed by atoms with van der Waals surface area (Å²) in [4.78, 5) is 0. The molecule has 0 aliphatic rings. The SMILES string of the molecule is CCc1cccc(C(O)C(C)CC)c1. The lowest BCUT2D eigenvalue weighted by Crippen LogP contribution is -2.08. The molecule has 0 heterocycles. The first-order chi connectivity index (χ1) is 6.69. The van der Waals surface area contributed by atoms with Crippen LogP contribution in [0, 0.1) is 5.92 Å². The third kappa shape index (κ3) is 2.58. The zero-order valence-corrected chi connectivity index (χ0v) is 9.33. The number of aliphatic hydroxyl groups excluding tert-OH is 1. The van der Waals surface area contributed by atoms with E-state index in [1.54, 1.807) is 0 Å². The Balaban J connectivity index is 2.83. The van der Waals surface area contributed by atoms with Crippen molar-refractivity contribution in [1.29, 1.82) is 0 Å². The van der Waals surface area contributed by atoms with Crippen LogP contribution in [0.25, 0.3) is 0 Å². The summed E-state index contributed by atoms with van der Waals surface area (Å²) in [6, 6.07) is 8.25. The van der Waals surface area contributed by atoms with Crippen LogP contribution in [-0.2, 0) is 6.42 Å². The van der Waals surface area contributed by atoms with E-state index in [0.29, 0.717) is 5.92 Å². The highest BCUT2D eigenvalue weighted by molar-refractivity contribution is 5.25. The van der Waals surface area contributed by atoms with Crippen molar-refractivity contribution in [2.75, 3.05) is 0 Å². The molecular weight excluding hydrogens is 172 g/mol. The molecule has 2 atom stereocenters. The second-order valence-electron chi connectivity index (χ2n) is 3.93. The van der Waals surface area contributed by atoms with Gasteiger partial charge in [-0.05, 0) is 23.5 Å². The first-order valence-corrected chi connectivity index (χ1v) is 5.45. The Kier molecular flexibility index (Phi) is 4.15. The Bertz CT molecular complexity index is 280. The van der Waals surface area contributed by atoms with Crippen LogP contribution in [0.4, 0.5) is 0 Å². The van der Waals surface area contributed by atoms with E-state index in [1.807, 2.05) is 12.1 Å². The average molecular weight is 192 g/mol. The zero-order chi connectivity index (χ0) is 10.6. The maximum atomic E-state index is 10.0. The van der Waals surface area contributed by atoms with Crippen LogP contribution in [0.1, 0.15) is 44.4 Å². The topological polar surface area (TPSA) is 20.2 Å². The van der Waals surface area contributed by atoms with Crippen molar-refractivity contribution in [2.24, 2.45) is 5.92 Å². The lowest BCUT2D eigenvalue weighted by atomic mass is 9.94. The van der Waals surface area contributed by atoms with Crippen LogP contribution in [0.2, 0.25) is 0 Å². The lowest BCUT2D eigenvalue weighted by molar-refractivity contribution is 0.115. The van der Waals surface area contributed by atoms with Crippen molar-refractivity contribution < 1.29 is 5.11 Å². The smallest absolute Gasteiger partial charge is 0.0815 e. The highest BCUT2D eigenvalue weighted by atomic mass is 16.3. The van der Waals surface area contributed by atoms with Crippen molar-refractivity contribution >= 4 is 0 Å². The Morgan fingerprint density at radius 1 is 1.29 bits per heavy atom. The zero-order valence-electron chi connectivity index (χ0n) is 9.33. The van der Waals surface area contributed by atoms with Gasteiger partial charge in [-0.15, -0.1) is 0 Å². The molecule has 0 saturated heterocycles. The van der Waals surface area contributed by atoms with Gasteiger partial charge in [0.2, 0.25) is 0 Å². The molecule has 78 valence electrons. The van der Waals surface area contributed by atoms with Crippen molar-refractivity contribution in [3.05, 3.63) is 35.4 Å². The molecule has 1 heteroatoms. The average Bonchev–Trinajstić information content (AvgIpc) is 2.27. The van der Waals surface area contributed by atoms with Gasteiger partial charge in [-0.25, -0.2) is 0 Å². The molecule has 2 unspecified atom stereocenters. The lowest BCUT2D eigenvalue weighted by Gasteiger charge is -2.17. The molecular formula is C13H20O. The Hall–Kier alpha value is -0.820. The third-order valence-corrected chi connectivity index (χ3v) is 2.88. The van der Waals surface area contributed by atoms with E-state index in [4.69, 9.17) is 0 Å². The summed E-state index contributed by atoms with van der Waals surface area (Å²) >= 11 is 0. The van der Waals surface area contributed by atoms with Crippen LogP contribution < -0.4 is 0 Å². The van der Waals surface area contributed by atoms with Crippen molar-refractivity contribution in [1.82, 2.24) is 0 Å². The third-order valence-electron chi connectivity index (χ3n) is 2.88. The standard InChI is InChI=1S/C13H20O/c1-4-10(3)13(14)12-8-6-7-11(5-2)9-12/h6-10,13-14H,4-5H2,1-3H3. The van der Waals surface area contributed by atoms with Gasteiger partial charge < -0.3 is 5.11 Å². The fourth-order valence-electron chi connectivity index (χ4n) is 1.55. The fourth-order valence-corrected chi connectivity index (χ4v) is 1.55. The summed E-state index contributed by atoms with van der Waals surface area (Å²) in [5.74, 6) is 0.335. The van der Waals surface area contributed by atoms with E-state index in [2.05, 4.69) is 32.9 Å². The fraction of sp³-hybridized carbons (Fsp3) is 0.538. The first kappa shape index (κ1) is 11.3. The van der Waals surface area contributed by atoms with Crippen molar-refractivity contribution in [2.45, 2.75) is 39.7 Å². The summed E-state index contributed by atoms with van der Waals surface area (Å²) in [7, 11) is 0. The van der Waals surface area contributed by atoms with Crippen molar-refractivity contribution in [3.8, 4) is 0 Å². The van der Waals surface area contributed by atoms with Gasteiger partial charge in [0.1, 0.15) is 0 Å². The number of rotatable bonds is 4. The highest BCUT2D eigenvalue weighted by Gasteiger charge is 2.14. The second kappa shape index (κ2) is 5.16. The molecule has 14 heavy (non-hydrogen) atoms. The molecule has 1 aromatic carbocycles. The van der Waals surface area contributed by atoms with Gasteiger partial charge in [0.25, 0.3) is 0 Å². The van der Waals surface area contributed by atoms with Gasteiger partial charge in [-0.2, -0.15) is 0 Å². The number of hydrogen-bond donors (Lipinski definition) is 1. The summed E-state index contributed by atoms with van der Waals surface area (Å²) in [6.45, 7) is 6.33. The van der Waals surface area contributed by atoms with Crippen LogP contribution in [0.3, 0.4) is 0 Å². The van der Waals surface area contributed by atoms with Crippen molar-refractivity contribution in [3.63, 3.8) is 0 Å². The highest BCUT2D eigenvalue weighted by Crippen LogP contribution is 2.24. The minimum absolute atomic E-state index is 0.313. The Morgan fingerprint density at radius 2 is 2.00 bits per heavy atom. The van der Waals surface area contributed by atoms with E-state index < -0.39 is 0 Å². The van der Waals surface area contributed by atoms with E-state index in [9.17, 15) is 5.11 Å². The number of aliphatic hydroxyl groups is 1. The molecule has 1 N–H and O–H groups in total. The van der Waals surface area contributed by atoms with Gasteiger partial charge in [-0.1, -0.05) is 51.5 Å². The Labute approximate surface area is 86.8 Å². The largest absolute Gasteiger partial charge is 0.388 e. The summed E-state index contributed by atoms with van der Waals surface area (Å²) < 4.78 is 0. The quantitative estimate of drug-likeness (QED) is 0.775. The normalized spacial score (nSPS) is 15.1. The monoisotopic (exact) mass is 192 g/mol. The predicted octanol–water partition coefficient (Wildman–Crippen LogP) is 3.33. The number of benzene rings is 1. The van der Waals surface area contributed by atoms with Crippen LogP contribution >= 0.6 is 0 Å². The molecule has 0 aliphatic heterocycles. The molecule has 0 aliphatic carbocycles. The van der Waals surface area contributed by atoms with Crippen LogP contribution in [0.5, 0.6) is 0 Å². The van der Waals surface area contributed by atoms with Crippen LogP contribution in [0.15, 0.2) is 24.3 Å². The van der Waals surface area contributed by atoms with E-state index in [1.165, 1.54) is 5.56 Å². The predicted molar refractivity (Wildman–Crippen MR) is 60.2 cm³/mol. The molecule has 0 spiro atoms. The molecule has 0 fully saturated rings. The van der Waals surface area contributed by atoms with Gasteiger partial charge in [0.15, 0.2) is 0 Å². The first-order valence-electron chi connectivity index (χ1n) is 5.45. The maximum absolute atomic E-state index is 10.0. The Morgan fingerprint density at radius 3 is 2.57 bits per heavy atom. The molecule has 0 radical (unpaired) electrons. The van der Waals surface area contributed by atoms with Gasteiger partial charge >= 0.3 is 0 Å². The molecule has 0 amide bonds. The maximum Gasteiger partial charge on any atom is 0.0815 e. The molecule has 0 saturated carbocycles. The van der Waals surface area contributed by atoms with E-state index >= 15 is 0 Å². The number of hydrogen-bond acceptors (Lipinski definition) is 1. The van der Waals surface area contributed by atoms with Crippen LogP contribution in [-0.4, -0.2) is 5.11 Å². The minimum atomic E-state index is -0.313. The minimum Gasteiger partial charge on any atom is -0.388 e. The second-order valence-corrected chi connectivity index (χ2v) is 3.93.